The topological polar surface area (TPSA) is 206 Å². The van der Waals surface area contributed by atoms with Crippen molar-refractivity contribution in [2.24, 2.45) is 0 Å². The number of rotatable bonds is 4. The Morgan fingerprint density at radius 1 is 0.221 bits per heavy atom. The molecule has 14 aromatic heterocycles. The van der Waals surface area contributed by atoms with Gasteiger partial charge in [-0.15, -0.1) is 6.42 Å². The van der Waals surface area contributed by atoms with Crippen molar-refractivity contribution in [1.29, 1.82) is 0 Å². The molecule has 14 heterocycles. The maximum Gasteiger partial charge on any atom is 0.0996 e. The predicted octanol–water partition coefficient (Wildman–Crippen LogP) is 20.6. The first-order valence-corrected chi connectivity index (χ1v) is 35.3. The van der Waals surface area contributed by atoms with E-state index in [0.717, 1.165) is 154 Å². The molecule has 0 aliphatic rings. The van der Waals surface area contributed by atoms with Gasteiger partial charge in [-0.25, -0.2) is 19.9 Å². The smallest absolute Gasteiger partial charge is 0.0996 e. The van der Waals surface area contributed by atoms with Crippen molar-refractivity contribution in [1.82, 2.24) is 79.7 Å². The van der Waals surface area contributed by atoms with Gasteiger partial charge in [0.25, 0.3) is 0 Å². The first-order valence-electron chi connectivity index (χ1n) is 34.5. The van der Waals surface area contributed by atoms with Crippen LogP contribution < -0.4 is 0 Å². The normalized spacial score (nSPS) is 9.98. The molecule has 0 amide bonds. The summed E-state index contributed by atoms with van der Waals surface area (Å²) in [6.07, 6.45) is 26.4. The molecule has 6 aromatic carbocycles. The fraction of sp³-hybridized carbons (Fsp3) is 0. The summed E-state index contributed by atoms with van der Waals surface area (Å²) in [7, 11) is 0. The molecular formula is C93H64BrN16Ru2W-. The molecular weight excluding hydrogens is 1810 g/mol. The van der Waals surface area contributed by atoms with Crippen molar-refractivity contribution in [3.8, 4) is 69.7 Å². The Kier molecular flexibility index (Phi) is 30.8. The summed E-state index contributed by atoms with van der Waals surface area (Å²) in [5.74, 6) is 8.95. The summed E-state index contributed by atoms with van der Waals surface area (Å²) in [4.78, 5) is 71.3. The maximum absolute atomic E-state index is 5.10. The third-order valence-corrected chi connectivity index (χ3v) is 16.9. The number of halogens is 1. The summed E-state index contributed by atoms with van der Waals surface area (Å²) >= 11 is 3.50. The Hall–Kier alpha value is -13.1. The molecule has 0 spiro atoms. The van der Waals surface area contributed by atoms with Crippen LogP contribution in [0.2, 0.25) is 0 Å². The average molecular weight is 1870 g/mol. The number of pyridine rings is 12. The van der Waals surface area contributed by atoms with Crippen molar-refractivity contribution in [3.05, 3.63) is 394 Å². The summed E-state index contributed by atoms with van der Waals surface area (Å²) in [6, 6.07) is 93.6. The second-order valence-electron chi connectivity index (χ2n) is 23.6. The van der Waals surface area contributed by atoms with Gasteiger partial charge in [0.15, 0.2) is 0 Å². The van der Waals surface area contributed by atoms with Crippen LogP contribution in [0.5, 0.6) is 0 Å². The van der Waals surface area contributed by atoms with Crippen LogP contribution in [0.4, 0.5) is 0 Å². The Bertz CT molecular complexity index is 6060. The van der Waals surface area contributed by atoms with Crippen molar-refractivity contribution in [3.63, 3.8) is 0 Å². The van der Waals surface area contributed by atoms with E-state index in [9.17, 15) is 0 Å². The first kappa shape index (κ1) is 82.4. The summed E-state index contributed by atoms with van der Waals surface area (Å²) in [6.45, 7) is 0. The molecule has 0 saturated heterocycles. The van der Waals surface area contributed by atoms with E-state index in [4.69, 9.17) is 26.4 Å². The summed E-state index contributed by atoms with van der Waals surface area (Å²) < 4.78 is 0.989. The molecule has 20 aromatic rings. The molecule has 0 saturated carbocycles. The second-order valence-corrected chi connectivity index (χ2v) is 24.5. The molecule has 0 N–H and O–H groups in total. The van der Waals surface area contributed by atoms with Crippen LogP contribution in [0, 0.1) is 31.6 Å². The van der Waals surface area contributed by atoms with Crippen LogP contribution in [0.15, 0.2) is 370 Å². The van der Waals surface area contributed by atoms with E-state index >= 15 is 0 Å². The summed E-state index contributed by atoms with van der Waals surface area (Å²) in [5, 5.41) is 3.86. The van der Waals surface area contributed by atoms with Gasteiger partial charge in [-0.1, -0.05) is 119 Å². The number of nitrogens with zero attached hydrogens (tertiary/aromatic N) is 16. The molecule has 20 heteroatoms. The first-order chi connectivity index (χ1) is 54.0. The summed E-state index contributed by atoms with van der Waals surface area (Å²) in [5.41, 5.74) is 20.3. The molecule has 0 aliphatic heterocycles. The van der Waals surface area contributed by atoms with Gasteiger partial charge in [0.1, 0.15) is 0 Å². The minimum Gasteiger partial charge on any atom is -0.358 e. The Morgan fingerprint density at radius 2 is 0.469 bits per heavy atom. The van der Waals surface area contributed by atoms with E-state index in [-0.39, 0.29) is 67.4 Å². The molecule has 0 bridgehead atoms. The van der Waals surface area contributed by atoms with Crippen LogP contribution in [-0.2, 0) is 60.0 Å². The Labute approximate surface area is 701 Å². The van der Waals surface area contributed by atoms with Crippen LogP contribution in [-0.4, -0.2) is 79.7 Å². The number of hydrogen-bond acceptors (Lipinski definition) is 16. The third kappa shape index (κ3) is 21.5. The van der Waals surface area contributed by atoms with E-state index in [2.05, 4.69) is 93.5 Å². The molecule has 0 fully saturated rings. The van der Waals surface area contributed by atoms with Crippen LogP contribution in [0.3, 0.4) is 0 Å². The zero-order chi connectivity index (χ0) is 74.0. The average Bonchev–Trinajstić information content (AvgIpc) is 0.743. The zero-order valence-electron chi connectivity index (χ0n) is 60.4. The van der Waals surface area contributed by atoms with E-state index < -0.39 is 0 Å². The van der Waals surface area contributed by atoms with E-state index in [1.54, 1.807) is 74.4 Å². The monoisotopic (exact) mass is 1870 g/mol. The van der Waals surface area contributed by atoms with Crippen LogP contribution in [0.25, 0.3) is 133 Å². The van der Waals surface area contributed by atoms with Crippen molar-refractivity contribution < 1.29 is 60.0 Å². The Morgan fingerprint density at radius 3 is 0.743 bits per heavy atom. The van der Waals surface area contributed by atoms with Crippen molar-refractivity contribution >= 4 is 104 Å². The molecule has 0 atom stereocenters. The van der Waals surface area contributed by atoms with Gasteiger partial charge in [0.2, 0.25) is 0 Å². The Balaban J connectivity index is 0.000000146. The number of terminal acetylenes is 1. The van der Waals surface area contributed by atoms with E-state index in [1.165, 1.54) is 0 Å². The molecule has 113 heavy (non-hydrogen) atoms. The quantitative estimate of drug-likeness (QED) is 0.0528. The predicted molar refractivity (Wildman–Crippen MR) is 446 cm³/mol. The molecule has 546 valence electrons. The number of hydrogen-bond donors (Lipinski definition) is 0. The fourth-order valence-corrected chi connectivity index (χ4v) is 11.7. The van der Waals surface area contributed by atoms with Gasteiger partial charge in [-0.2, -0.15) is 0 Å². The largest absolute Gasteiger partial charge is 0.358 e. The zero-order valence-corrected chi connectivity index (χ0v) is 68.4. The molecule has 0 radical (unpaired) electrons. The van der Waals surface area contributed by atoms with Gasteiger partial charge in [-0.05, 0) is 206 Å². The van der Waals surface area contributed by atoms with Crippen LogP contribution in [0.1, 0.15) is 16.7 Å². The van der Waals surface area contributed by atoms with Gasteiger partial charge < -0.3 is 7.43 Å². The second kappa shape index (κ2) is 42.2. The van der Waals surface area contributed by atoms with Gasteiger partial charge in [-0.3, -0.25) is 59.8 Å². The standard InChI is InChI=1S/C26H14N4.C18H9BrN4.4C10H8N2.C8H6.CH3.2Ru.W/c1-2-6-17(7-3-1)10-11-18-12-13-21-22(16-18)30-26-20-9-5-15-28-24(20)23-19(25(26)29-21)8-4-14-27-23;19-10-5-6-13-14(9-10)23-18-12-4-2-8-21-16(12)15-11(17(18)22-13)3-1-7-20-15;4*1-3-7-11-9(5-1)10-6-2-4-8-12-10;1-2-8-6-4-3-5-7-8;;;;/h1-9,12-16H;1-9H;4*1-8H;1,3-7H;1H3;;;/q;;;;;;;-1;;;. The third-order valence-electron chi connectivity index (χ3n) is 16.4. The molecule has 0 unspecified atom stereocenters. The van der Waals surface area contributed by atoms with Gasteiger partial charge in [0.05, 0.1) is 112 Å². The number of fused-ring (bicyclic) bond motifs is 14. The van der Waals surface area contributed by atoms with Crippen LogP contribution >= 0.6 is 15.9 Å². The van der Waals surface area contributed by atoms with Crippen molar-refractivity contribution in [2.75, 3.05) is 0 Å². The fourth-order valence-electron chi connectivity index (χ4n) is 11.4. The molecule has 16 nitrogen and oxygen atoms in total. The minimum atomic E-state index is 0. The number of aromatic nitrogens is 16. The van der Waals surface area contributed by atoms with E-state index in [1.807, 2.05) is 291 Å². The van der Waals surface area contributed by atoms with Gasteiger partial charge in [0, 0.05) is 177 Å². The number of benzene rings is 6. The minimum absolute atomic E-state index is 0. The van der Waals surface area contributed by atoms with E-state index in [0.29, 0.717) is 0 Å². The SMILES string of the molecule is Brc1ccc2nc3c4cccnc4c4ncccc4c3nc2c1.C#Cc1ccccc1.C(#Cc1ccc2nc3c4cccnc4c4ncccc4c3nc2c1)c1ccccc1.[CH3-].[Ru].[Ru].[W].c1ccc(-c2ccccn2)nc1.c1ccc(-c2ccccn2)nc1.c1ccc(-c2ccccn2)nc1.c1ccc(-c2ccccn2)nc1. The molecule has 20 rings (SSSR count). The van der Waals surface area contributed by atoms with Crippen molar-refractivity contribution in [2.45, 2.75) is 0 Å². The molecule has 0 aliphatic carbocycles. The maximum atomic E-state index is 5.10. The van der Waals surface area contributed by atoms with Gasteiger partial charge >= 0.3 is 0 Å².